The molecule has 0 spiro atoms. The van der Waals surface area contributed by atoms with Crippen LogP contribution in [-0.4, -0.2) is 17.8 Å². The Labute approximate surface area is 105 Å². The monoisotopic (exact) mass is 255 g/mol. The molecule has 1 aromatic carbocycles. The van der Waals surface area contributed by atoms with Crippen molar-refractivity contribution in [2.24, 2.45) is 5.92 Å². The molecule has 1 fully saturated rings. The van der Waals surface area contributed by atoms with E-state index in [-0.39, 0.29) is 16.8 Å². The number of hydrogen-bond acceptors (Lipinski definition) is 1. The summed E-state index contributed by atoms with van der Waals surface area (Å²) in [5.41, 5.74) is 0.0941. The van der Waals surface area contributed by atoms with Gasteiger partial charge in [-0.2, -0.15) is 0 Å². The van der Waals surface area contributed by atoms with E-state index >= 15 is 0 Å². The number of halogens is 2. The van der Waals surface area contributed by atoms with Gasteiger partial charge >= 0.3 is 0 Å². The van der Waals surface area contributed by atoms with Gasteiger partial charge in [0, 0.05) is 11.9 Å². The number of nitrogens with one attached hydrogen (secondary N) is 1. The maximum Gasteiger partial charge on any atom is 0.254 e. The van der Waals surface area contributed by atoms with Crippen LogP contribution in [0.5, 0.6) is 0 Å². The standard InChI is InChI=1S/C13H15ClFNO/c14-11-6-3-4-9(11)8-16-13(17)10-5-1-2-7-12(10)15/h1-2,5,7,9,11H,3-4,6,8H2,(H,16,17). The molecular formula is C13H15ClFNO. The summed E-state index contributed by atoms with van der Waals surface area (Å²) in [6.07, 6.45) is 3.14. The average molecular weight is 256 g/mol. The van der Waals surface area contributed by atoms with Gasteiger partial charge in [-0.1, -0.05) is 18.6 Å². The van der Waals surface area contributed by atoms with E-state index in [9.17, 15) is 9.18 Å². The summed E-state index contributed by atoms with van der Waals surface area (Å²) < 4.78 is 13.3. The summed E-state index contributed by atoms with van der Waals surface area (Å²) in [5, 5.41) is 2.88. The Balaban J connectivity index is 1.91. The predicted octanol–water partition coefficient (Wildman–Crippen LogP) is 2.96. The summed E-state index contributed by atoms with van der Waals surface area (Å²) >= 11 is 6.11. The molecule has 0 saturated heterocycles. The van der Waals surface area contributed by atoms with Gasteiger partial charge in [-0.3, -0.25) is 4.79 Å². The Morgan fingerprint density at radius 1 is 1.41 bits per heavy atom. The van der Waals surface area contributed by atoms with Crippen LogP contribution in [-0.2, 0) is 0 Å². The Bertz CT molecular complexity index is 410. The quantitative estimate of drug-likeness (QED) is 0.827. The largest absolute Gasteiger partial charge is 0.352 e. The molecule has 0 bridgehead atoms. The zero-order valence-corrected chi connectivity index (χ0v) is 10.2. The van der Waals surface area contributed by atoms with Crippen molar-refractivity contribution in [2.75, 3.05) is 6.54 Å². The van der Waals surface area contributed by atoms with E-state index in [0.29, 0.717) is 12.5 Å². The van der Waals surface area contributed by atoms with Crippen molar-refractivity contribution < 1.29 is 9.18 Å². The molecule has 92 valence electrons. The lowest BCUT2D eigenvalue weighted by Crippen LogP contribution is -2.31. The molecule has 1 saturated carbocycles. The Hall–Kier alpha value is -1.09. The van der Waals surface area contributed by atoms with Gasteiger partial charge in [0.2, 0.25) is 0 Å². The molecule has 4 heteroatoms. The van der Waals surface area contributed by atoms with Gasteiger partial charge in [0.05, 0.1) is 5.56 Å². The van der Waals surface area contributed by atoms with Crippen LogP contribution in [0.25, 0.3) is 0 Å². The Morgan fingerprint density at radius 3 is 2.82 bits per heavy atom. The minimum atomic E-state index is -0.487. The second-order valence-corrected chi connectivity index (χ2v) is 4.96. The third-order valence-electron chi connectivity index (χ3n) is 3.21. The smallest absolute Gasteiger partial charge is 0.254 e. The summed E-state index contributed by atoms with van der Waals surface area (Å²) in [6, 6.07) is 5.99. The zero-order valence-electron chi connectivity index (χ0n) is 9.46. The summed E-state index contributed by atoms with van der Waals surface area (Å²) in [5.74, 6) is -0.537. The van der Waals surface area contributed by atoms with E-state index in [2.05, 4.69) is 5.32 Å². The maximum absolute atomic E-state index is 13.3. The number of alkyl halides is 1. The molecule has 2 atom stereocenters. The molecule has 1 aromatic rings. The van der Waals surface area contributed by atoms with Gasteiger partial charge < -0.3 is 5.32 Å². The fraction of sp³-hybridized carbons (Fsp3) is 0.462. The van der Waals surface area contributed by atoms with Crippen molar-refractivity contribution in [3.8, 4) is 0 Å². The number of benzene rings is 1. The van der Waals surface area contributed by atoms with Crippen LogP contribution < -0.4 is 5.32 Å². The SMILES string of the molecule is O=C(NCC1CCCC1Cl)c1ccccc1F. The van der Waals surface area contributed by atoms with Crippen LogP contribution in [0.1, 0.15) is 29.6 Å². The van der Waals surface area contributed by atoms with Crippen molar-refractivity contribution in [1.82, 2.24) is 5.32 Å². The van der Waals surface area contributed by atoms with Crippen molar-refractivity contribution >= 4 is 17.5 Å². The summed E-state index contributed by atoms with van der Waals surface area (Å²) in [6.45, 7) is 0.529. The topological polar surface area (TPSA) is 29.1 Å². The summed E-state index contributed by atoms with van der Waals surface area (Å²) in [4.78, 5) is 11.7. The second-order valence-electron chi connectivity index (χ2n) is 4.40. The molecule has 17 heavy (non-hydrogen) atoms. The van der Waals surface area contributed by atoms with Crippen molar-refractivity contribution in [3.63, 3.8) is 0 Å². The molecule has 1 aliphatic rings. The van der Waals surface area contributed by atoms with E-state index in [1.165, 1.54) is 12.1 Å². The first-order valence-corrected chi connectivity index (χ1v) is 6.29. The third-order valence-corrected chi connectivity index (χ3v) is 3.78. The number of carbonyl (C=O) groups is 1. The van der Waals surface area contributed by atoms with E-state index < -0.39 is 5.82 Å². The minimum absolute atomic E-state index is 0.0941. The van der Waals surface area contributed by atoms with Crippen LogP contribution in [0.4, 0.5) is 4.39 Å². The average Bonchev–Trinajstić information content (AvgIpc) is 2.72. The molecule has 0 aromatic heterocycles. The molecule has 0 aliphatic heterocycles. The van der Waals surface area contributed by atoms with Gasteiger partial charge in [-0.25, -0.2) is 4.39 Å². The zero-order chi connectivity index (χ0) is 12.3. The number of hydrogen-bond donors (Lipinski definition) is 1. The highest BCUT2D eigenvalue weighted by Crippen LogP contribution is 2.29. The number of rotatable bonds is 3. The lowest BCUT2D eigenvalue weighted by Gasteiger charge is -2.14. The van der Waals surface area contributed by atoms with Crippen molar-refractivity contribution in [1.29, 1.82) is 0 Å². The van der Waals surface area contributed by atoms with Gasteiger partial charge in [0.1, 0.15) is 5.82 Å². The van der Waals surface area contributed by atoms with Crippen LogP contribution in [0.15, 0.2) is 24.3 Å². The number of carbonyl (C=O) groups excluding carboxylic acids is 1. The molecule has 0 radical (unpaired) electrons. The summed E-state index contributed by atoms with van der Waals surface area (Å²) in [7, 11) is 0. The van der Waals surface area contributed by atoms with Crippen molar-refractivity contribution in [2.45, 2.75) is 24.6 Å². The fourth-order valence-electron chi connectivity index (χ4n) is 2.19. The second kappa shape index (κ2) is 5.50. The molecule has 1 N–H and O–H groups in total. The van der Waals surface area contributed by atoms with E-state index in [0.717, 1.165) is 19.3 Å². The highest BCUT2D eigenvalue weighted by atomic mass is 35.5. The molecule has 2 unspecified atom stereocenters. The molecule has 1 aliphatic carbocycles. The molecule has 2 nitrogen and oxygen atoms in total. The van der Waals surface area contributed by atoms with Gasteiger partial charge in [-0.05, 0) is 30.9 Å². The maximum atomic E-state index is 13.3. The van der Waals surface area contributed by atoms with E-state index in [1.807, 2.05) is 0 Å². The molecule has 2 rings (SSSR count). The van der Waals surface area contributed by atoms with Crippen LogP contribution in [0, 0.1) is 11.7 Å². The fourth-order valence-corrected chi connectivity index (χ4v) is 2.56. The van der Waals surface area contributed by atoms with Crippen LogP contribution in [0.3, 0.4) is 0 Å². The third kappa shape index (κ3) is 2.97. The van der Waals surface area contributed by atoms with Crippen LogP contribution in [0.2, 0.25) is 0 Å². The Kier molecular flexibility index (Phi) is 4.00. The van der Waals surface area contributed by atoms with Gasteiger partial charge in [0.15, 0.2) is 0 Å². The Morgan fingerprint density at radius 2 is 2.18 bits per heavy atom. The molecular weight excluding hydrogens is 241 g/mol. The van der Waals surface area contributed by atoms with E-state index in [4.69, 9.17) is 11.6 Å². The molecule has 0 heterocycles. The first-order chi connectivity index (χ1) is 8.18. The lowest BCUT2D eigenvalue weighted by atomic mass is 10.1. The predicted molar refractivity (Wildman–Crippen MR) is 65.7 cm³/mol. The van der Waals surface area contributed by atoms with Gasteiger partial charge in [0.25, 0.3) is 5.91 Å². The molecule has 1 amide bonds. The lowest BCUT2D eigenvalue weighted by molar-refractivity contribution is 0.0943. The van der Waals surface area contributed by atoms with Crippen LogP contribution >= 0.6 is 11.6 Å². The highest BCUT2D eigenvalue weighted by molar-refractivity contribution is 6.21. The normalized spacial score (nSPS) is 23.6. The minimum Gasteiger partial charge on any atom is -0.352 e. The first-order valence-electron chi connectivity index (χ1n) is 5.85. The highest BCUT2D eigenvalue weighted by Gasteiger charge is 2.25. The van der Waals surface area contributed by atoms with Gasteiger partial charge in [-0.15, -0.1) is 11.6 Å². The van der Waals surface area contributed by atoms with Crippen molar-refractivity contribution in [3.05, 3.63) is 35.6 Å². The number of amides is 1. The first kappa shape index (κ1) is 12.4. The van der Waals surface area contributed by atoms with E-state index in [1.54, 1.807) is 12.1 Å².